The summed E-state index contributed by atoms with van der Waals surface area (Å²) in [6.45, 7) is 7.21. The maximum absolute atomic E-state index is 12.8. The van der Waals surface area contributed by atoms with Crippen molar-refractivity contribution in [1.29, 1.82) is 0 Å². The molecule has 5 heteroatoms. The Bertz CT molecular complexity index is 1700. The molecule has 0 rings (SSSR count). The number of rotatable bonds is 46. The van der Waals surface area contributed by atoms with E-state index < -0.39 is 6.10 Å². The molecule has 0 heterocycles. The van der Waals surface area contributed by atoms with Crippen LogP contribution in [0.25, 0.3) is 0 Å². The van der Waals surface area contributed by atoms with Gasteiger partial charge < -0.3 is 14.2 Å². The van der Waals surface area contributed by atoms with Gasteiger partial charge in [0.25, 0.3) is 0 Å². The van der Waals surface area contributed by atoms with Crippen LogP contribution in [0.1, 0.15) is 175 Å². The molecule has 0 aromatic carbocycles. The lowest BCUT2D eigenvalue weighted by Gasteiger charge is -2.18. The molecule has 5 nitrogen and oxygen atoms in total. The van der Waals surface area contributed by atoms with Gasteiger partial charge >= 0.3 is 11.9 Å². The molecule has 1 unspecified atom stereocenters. The lowest BCUT2D eigenvalue weighted by atomic mass is 10.2. The molecule has 0 saturated carbocycles. The predicted octanol–water partition coefficient (Wildman–Crippen LogP) is 18.8. The number of allylic oxidation sites excluding steroid dienone is 32. The minimum absolute atomic E-state index is 0.0138. The monoisotopic (exact) mass is 957 g/mol. The summed E-state index contributed by atoms with van der Waals surface area (Å²) in [7, 11) is 0. The summed E-state index contributed by atoms with van der Waals surface area (Å²) in [5.74, 6) is -0.630. The van der Waals surface area contributed by atoms with E-state index in [9.17, 15) is 9.59 Å². The zero-order valence-electron chi connectivity index (χ0n) is 44.2. The van der Waals surface area contributed by atoms with E-state index >= 15 is 0 Å². The molecule has 1 atom stereocenters. The molecule has 0 amide bonds. The first-order chi connectivity index (χ1) is 34.6. The second kappa shape index (κ2) is 58.1. The first-order valence-electron chi connectivity index (χ1n) is 27.0. The molecular weight excluding hydrogens is 861 g/mol. The molecule has 0 bridgehead atoms. The smallest absolute Gasteiger partial charge is 0.306 e. The zero-order chi connectivity index (χ0) is 50.6. The first kappa shape index (κ1) is 64.7. The predicted molar refractivity (Wildman–Crippen MR) is 306 cm³/mol. The van der Waals surface area contributed by atoms with E-state index in [1.807, 2.05) is 12.2 Å². The Morgan fingerprint density at radius 3 is 0.929 bits per heavy atom. The van der Waals surface area contributed by atoms with Crippen LogP contribution < -0.4 is 0 Å². The fourth-order valence-corrected chi connectivity index (χ4v) is 6.26. The molecule has 0 aliphatic rings. The lowest BCUT2D eigenvalue weighted by Crippen LogP contribution is -2.30. The maximum Gasteiger partial charge on any atom is 0.306 e. The molecule has 386 valence electrons. The molecule has 0 fully saturated rings. The number of hydrogen-bond acceptors (Lipinski definition) is 5. The van der Waals surface area contributed by atoms with Gasteiger partial charge in [-0.25, -0.2) is 0 Å². The third-order valence-electron chi connectivity index (χ3n) is 10.1. The van der Waals surface area contributed by atoms with Gasteiger partial charge in [0, 0.05) is 19.4 Å². The highest BCUT2D eigenvalue weighted by molar-refractivity contribution is 5.70. The van der Waals surface area contributed by atoms with E-state index in [0.717, 1.165) is 128 Å². The van der Waals surface area contributed by atoms with E-state index in [1.54, 1.807) is 0 Å². The third-order valence-corrected chi connectivity index (χ3v) is 10.1. The summed E-state index contributed by atoms with van der Waals surface area (Å²) in [4.78, 5) is 25.4. The Morgan fingerprint density at radius 2 is 0.600 bits per heavy atom. The third kappa shape index (κ3) is 55.3. The minimum Gasteiger partial charge on any atom is -0.462 e. The van der Waals surface area contributed by atoms with Crippen molar-refractivity contribution in [1.82, 2.24) is 0 Å². The van der Waals surface area contributed by atoms with Crippen LogP contribution in [0.2, 0.25) is 0 Å². The number of carbonyl (C=O) groups is 2. The fourth-order valence-electron chi connectivity index (χ4n) is 6.26. The molecule has 0 aliphatic carbocycles. The molecular formula is C65H96O5. The Kier molecular flexibility index (Phi) is 53.7. The van der Waals surface area contributed by atoms with Gasteiger partial charge in [-0.15, -0.1) is 0 Å². The van der Waals surface area contributed by atoms with Crippen molar-refractivity contribution in [3.63, 3.8) is 0 Å². The summed E-state index contributed by atoms with van der Waals surface area (Å²) < 4.78 is 17.2. The average molecular weight is 957 g/mol. The molecule has 70 heavy (non-hydrogen) atoms. The summed E-state index contributed by atoms with van der Waals surface area (Å²) in [5, 5.41) is 0. The Labute approximate surface area is 429 Å². The van der Waals surface area contributed by atoms with Crippen molar-refractivity contribution in [3.05, 3.63) is 194 Å². The van der Waals surface area contributed by atoms with Crippen LogP contribution in [-0.2, 0) is 23.8 Å². The molecule has 0 radical (unpaired) electrons. The van der Waals surface area contributed by atoms with Crippen molar-refractivity contribution in [2.45, 2.75) is 181 Å². The van der Waals surface area contributed by atoms with Crippen LogP contribution in [0, 0.1) is 0 Å². The van der Waals surface area contributed by atoms with Crippen LogP contribution in [0.4, 0.5) is 0 Å². The molecule has 0 spiro atoms. The molecule has 0 aromatic rings. The Hall–Kier alpha value is -5.26. The van der Waals surface area contributed by atoms with E-state index in [-0.39, 0.29) is 38.0 Å². The van der Waals surface area contributed by atoms with Crippen molar-refractivity contribution in [2.75, 3.05) is 19.8 Å². The van der Waals surface area contributed by atoms with Crippen molar-refractivity contribution in [2.24, 2.45) is 0 Å². The topological polar surface area (TPSA) is 61.8 Å². The van der Waals surface area contributed by atoms with Gasteiger partial charge in [-0.3, -0.25) is 9.59 Å². The van der Waals surface area contributed by atoms with E-state index in [0.29, 0.717) is 19.4 Å². The van der Waals surface area contributed by atoms with Crippen LogP contribution in [0.3, 0.4) is 0 Å². The van der Waals surface area contributed by atoms with E-state index in [2.05, 4.69) is 203 Å². The second-order valence-corrected chi connectivity index (χ2v) is 16.6. The summed E-state index contributed by atoms with van der Waals surface area (Å²) in [6.07, 6.45) is 90.4. The Balaban J connectivity index is 4.63. The molecule has 0 saturated heterocycles. The summed E-state index contributed by atoms with van der Waals surface area (Å²) in [6, 6.07) is 0. The zero-order valence-corrected chi connectivity index (χ0v) is 44.2. The minimum atomic E-state index is -0.642. The van der Waals surface area contributed by atoms with Gasteiger partial charge in [0.2, 0.25) is 0 Å². The van der Waals surface area contributed by atoms with Crippen molar-refractivity contribution >= 4 is 11.9 Å². The summed E-state index contributed by atoms with van der Waals surface area (Å²) in [5.41, 5.74) is 0. The molecule has 0 aromatic heterocycles. The lowest BCUT2D eigenvalue weighted by molar-refractivity contribution is -0.162. The SMILES string of the molecule is CC/C=C\C/C=C\C/C=C\C/C=C\C/C=C\C/C=C\CCC(=O)OCC(COCCCCC/C=C\C/C=C\C/C=C\C/C=C\CC)OC(=O)CC/C=C\C/C=C\C/C=C\C/C=C\C/C=C\C/C=C\CC. The van der Waals surface area contributed by atoms with E-state index in [4.69, 9.17) is 14.2 Å². The molecule has 0 aliphatic heterocycles. The fraction of sp³-hybridized carbons (Fsp3) is 0.477. The molecule has 0 N–H and O–H groups in total. The second-order valence-electron chi connectivity index (χ2n) is 16.6. The normalized spacial score (nSPS) is 13.8. The van der Waals surface area contributed by atoms with Gasteiger partial charge in [-0.1, -0.05) is 222 Å². The number of carbonyl (C=O) groups excluding carboxylic acids is 2. The summed E-state index contributed by atoms with van der Waals surface area (Å²) >= 11 is 0. The van der Waals surface area contributed by atoms with Gasteiger partial charge in [0.1, 0.15) is 6.61 Å². The quantitative estimate of drug-likeness (QED) is 0.0346. The largest absolute Gasteiger partial charge is 0.462 e. The van der Waals surface area contributed by atoms with Crippen molar-refractivity contribution in [3.8, 4) is 0 Å². The Morgan fingerprint density at radius 1 is 0.314 bits per heavy atom. The maximum atomic E-state index is 12.8. The number of unbranched alkanes of at least 4 members (excludes halogenated alkanes) is 3. The van der Waals surface area contributed by atoms with Crippen LogP contribution in [0.15, 0.2) is 194 Å². The first-order valence-corrected chi connectivity index (χ1v) is 27.0. The number of ether oxygens (including phenoxy) is 3. The average Bonchev–Trinajstić information content (AvgIpc) is 3.36. The van der Waals surface area contributed by atoms with Gasteiger partial charge in [0.15, 0.2) is 6.10 Å². The van der Waals surface area contributed by atoms with Crippen molar-refractivity contribution < 1.29 is 23.8 Å². The van der Waals surface area contributed by atoms with Crippen LogP contribution >= 0.6 is 0 Å². The highest BCUT2D eigenvalue weighted by Gasteiger charge is 2.17. The van der Waals surface area contributed by atoms with Gasteiger partial charge in [-0.05, 0) is 135 Å². The number of hydrogen-bond donors (Lipinski definition) is 0. The van der Waals surface area contributed by atoms with Gasteiger partial charge in [0.05, 0.1) is 6.61 Å². The standard InChI is InChI=1S/C65H96O5/c1-4-7-10-13-16-19-22-25-28-31-33-35-37-40-43-46-49-52-55-58-64(66)69-62-63(61-68-60-57-54-51-48-45-42-39-30-27-24-21-18-15-12-9-6-3)70-65(67)59-56-53-50-47-44-41-38-36-34-32-29-26-23-20-17-14-11-8-5-2/h7-12,16-21,25-30,33-36,40-45,49-50,52-53,63H,4-6,13-15,22-24,31-32,37-39,46-48,51,54-62H2,1-3H3/b10-7-,11-8-,12-9-,19-16-,20-17-,21-18-,28-25-,29-26-,30-27-,35-33-,36-34-,43-40-,44-41-,45-42-,52-49-,53-50-. The highest BCUT2D eigenvalue weighted by Crippen LogP contribution is 2.08. The highest BCUT2D eigenvalue weighted by atomic mass is 16.6. The van der Waals surface area contributed by atoms with Gasteiger partial charge in [-0.2, -0.15) is 0 Å². The van der Waals surface area contributed by atoms with Crippen LogP contribution in [-0.4, -0.2) is 37.9 Å². The number of esters is 2. The van der Waals surface area contributed by atoms with E-state index in [1.165, 1.54) is 0 Å². The van der Waals surface area contributed by atoms with Crippen LogP contribution in [0.5, 0.6) is 0 Å².